The zero-order chi connectivity index (χ0) is 9.80. The highest BCUT2D eigenvalue weighted by atomic mass is 79.9. The largest absolute Gasteiger partial charge is 0.460 e. The maximum atomic E-state index is 5.68. The molecule has 0 N–H and O–H groups in total. The average Bonchev–Trinajstić information content (AvgIpc) is 2.19. The van der Waals surface area contributed by atoms with E-state index in [0.29, 0.717) is 12.1 Å². The third-order valence-electron chi connectivity index (χ3n) is 2.42. The summed E-state index contributed by atoms with van der Waals surface area (Å²) in [6.07, 6.45) is 8.15. The van der Waals surface area contributed by atoms with Crippen molar-refractivity contribution < 1.29 is 4.74 Å². The lowest BCUT2D eigenvalue weighted by atomic mass is 9.98. The molecule has 2 rings (SSSR count). The summed E-state index contributed by atoms with van der Waals surface area (Å²) in [5.41, 5.74) is 0. The van der Waals surface area contributed by atoms with E-state index in [9.17, 15) is 0 Å². The van der Waals surface area contributed by atoms with Crippen molar-refractivity contribution in [2.24, 2.45) is 0 Å². The molecule has 0 aromatic carbocycles. The van der Waals surface area contributed by atoms with E-state index in [4.69, 9.17) is 4.74 Å². The van der Waals surface area contributed by atoms with Crippen molar-refractivity contribution in [3.8, 4) is 6.01 Å². The van der Waals surface area contributed by atoms with Gasteiger partial charge in [0.25, 0.3) is 0 Å². The third kappa shape index (κ3) is 2.67. The minimum atomic E-state index is 0.318. The first-order valence-corrected chi connectivity index (χ1v) is 5.79. The van der Waals surface area contributed by atoms with Gasteiger partial charge >= 0.3 is 6.01 Å². The lowest BCUT2D eigenvalue weighted by molar-refractivity contribution is 0.141. The molecule has 14 heavy (non-hydrogen) atoms. The standard InChI is InChI=1S/C10H13BrN2O/c11-9-6-7-12-10(13-9)14-8-4-2-1-3-5-8/h6-8H,1-5H2. The first kappa shape index (κ1) is 9.90. The molecule has 1 saturated carbocycles. The van der Waals surface area contributed by atoms with Gasteiger partial charge in [0.15, 0.2) is 0 Å². The number of nitrogens with zero attached hydrogens (tertiary/aromatic N) is 2. The van der Waals surface area contributed by atoms with Gasteiger partial charge in [0.05, 0.1) is 0 Å². The molecule has 0 radical (unpaired) electrons. The lowest BCUT2D eigenvalue weighted by Gasteiger charge is -2.21. The Hall–Kier alpha value is -0.640. The first-order valence-electron chi connectivity index (χ1n) is 5.00. The molecule has 1 aliphatic carbocycles. The fourth-order valence-electron chi connectivity index (χ4n) is 1.71. The SMILES string of the molecule is Brc1ccnc(OC2CCCCC2)n1. The Kier molecular flexibility index (Phi) is 3.35. The molecule has 0 aliphatic heterocycles. The Morgan fingerprint density at radius 1 is 1.29 bits per heavy atom. The summed E-state index contributed by atoms with van der Waals surface area (Å²) in [5.74, 6) is 0. The summed E-state index contributed by atoms with van der Waals surface area (Å²) in [7, 11) is 0. The van der Waals surface area contributed by atoms with Gasteiger partial charge in [-0.15, -0.1) is 0 Å². The van der Waals surface area contributed by atoms with Crippen LogP contribution in [0.25, 0.3) is 0 Å². The van der Waals surface area contributed by atoms with Crippen LogP contribution in [0.15, 0.2) is 16.9 Å². The van der Waals surface area contributed by atoms with Gasteiger partial charge in [0.1, 0.15) is 10.7 Å². The monoisotopic (exact) mass is 256 g/mol. The average molecular weight is 257 g/mol. The highest BCUT2D eigenvalue weighted by Crippen LogP contribution is 2.21. The summed E-state index contributed by atoms with van der Waals surface area (Å²) in [6, 6.07) is 2.29. The van der Waals surface area contributed by atoms with E-state index in [1.807, 2.05) is 0 Å². The number of rotatable bonds is 2. The highest BCUT2D eigenvalue weighted by molar-refractivity contribution is 9.10. The fourth-order valence-corrected chi connectivity index (χ4v) is 1.98. The predicted octanol–water partition coefficient (Wildman–Crippen LogP) is 2.95. The molecule has 1 aliphatic rings. The lowest BCUT2D eigenvalue weighted by Crippen LogP contribution is -2.20. The van der Waals surface area contributed by atoms with Crippen LogP contribution >= 0.6 is 15.9 Å². The Morgan fingerprint density at radius 3 is 2.79 bits per heavy atom. The summed E-state index contributed by atoms with van der Waals surface area (Å²) in [6.45, 7) is 0. The van der Waals surface area contributed by atoms with Crippen molar-refractivity contribution in [2.45, 2.75) is 38.2 Å². The molecule has 76 valence electrons. The van der Waals surface area contributed by atoms with Gasteiger partial charge in [0, 0.05) is 6.20 Å². The van der Waals surface area contributed by atoms with E-state index in [0.717, 1.165) is 17.4 Å². The van der Waals surface area contributed by atoms with Crippen LogP contribution in [0, 0.1) is 0 Å². The maximum Gasteiger partial charge on any atom is 0.317 e. The number of halogens is 1. The molecule has 1 aromatic rings. The summed E-state index contributed by atoms with van der Waals surface area (Å²) < 4.78 is 6.46. The molecule has 0 saturated heterocycles. The van der Waals surface area contributed by atoms with E-state index in [-0.39, 0.29) is 0 Å². The van der Waals surface area contributed by atoms with Crippen LogP contribution in [0.4, 0.5) is 0 Å². The summed E-state index contributed by atoms with van der Waals surface area (Å²) in [4.78, 5) is 8.22. The third-order valence-corrected chi connectivity index (χ3v) is 2.87. The van der Waals surface area contributed by atoms with Gasteiger partial charge in [-0.25, -0.2) is 4.98 Å². The van der Waals surface area contributed by atoms with Gasteiger partial charge in [-0.05, 0) is 47.7 Å². The first-order chi connectivity index (χ1) is 6.84. The van der Waals surface area contributed by atoms with Gasteiger partial charge in [-0.1, -0.05) is 6.42 Å². The second-order valence-corrected chi connectivity index (χ2v) is 4.35. The second kappa shape index (κ2) is 4.73. The van der Waals surface area contributed by atoms with Crippen molar-refractivity contribution in [3.63, 3.8) is 0 Å². The predicted molar refractivity (Wildman–Crippen MR) is 57.2 cm³/mol. The zero-order valence-corrected chi connectivity index (χ0v) is 9.53. The molecule has 0 spiro atoms. The Bertz CT molecular complexity index is 300. The maximum absolute atomic E-state index is 5.68. The van der Waals surface area contributed by atoms with E-state index < -0.39 is 0 Å². The Labute approximate surface area is 92.0 Å². The van der Waals surface area contributed by atoms with Crippen LogP contribution in [0.1, 0.15) is 32.1 Å². The van der Waals surface area contributed by atoms with Crippen molar-refractivity contribution in [1.29, 1.82) is 0 Å². The zero-order valence-electron chi connectivity index (χ0n) is 7.95. The molecule has 0 atom stereocenters. The molecular formula is C10H13BrN2O. The van der Waals surface area contributed by atoms with Gasteiger partial charge in [0.2, 0.25) is 0 Å². The Morgan fingerprint density at radius 2 is 2.07 bits per heavy atom. The van der Waals surface area contributed by atoms with Crippen molar-refractivity contribution in [3.05, 3.63) is 16.9 Å². The normalized spacial score (nSPS) is 18.1. The van der Waals surface area contributed by atoms with Crippen molar-refractivity contribution >= 4 is 15.9 Å². The van der Waals surface area contributed by atoms with Crippen LogP contribution in [-0.4, -0.2) is 16.1 Å². The number of hydrogen-bond donors (Lipinski definition) is 0. The van der Waals surface area contributed by atoms with Crippen LogP contribution in [0.5, 0.6) is 6.01 Å². The van der Waals surface area contributed by atoms with Crippen LogP contribution < -0.4 is 4.74 Å². The Balaban J connectivity index is 1.95. The quantitative estimate of drug-likeness (QED) is 0.764. The van der Waals surface area contributed by atoms with E-state index in [1.165, 1.54) is 19.3 Å². The van der Waals surface area contributed by atoms with Gasteiger partial charge in [-0.2, -0.15) is 4.98 Å². The molecule has 1 heterocycles. The summed E-state index contributed by atoms with van der Waals surface area (Å²) >= 11 is 3.30. The van der Waals surface area contributed by atoms with E-state index in [2.05, 4.69) is 25.9 Å². The fraction of sp³-hybridized carbons (Fsp3) is 0.600. The van der Waals surface area contributed by atoms with Gasteiger partial charge in [-0.3, -0.25) is 0 Å². The number of ether oxygens (including phenoxy) is 1. The van der Waals surface area contributed by atoms with Crippen molar-refractivity contribution in [2.75, 3.05) is 0 Å². The number of hydrogen-bond acceptors (Lipinski definition) is 3. The van der Waals surface area contributed by atoms with E-state index in [1.54, 1.807) is 12.3 Å². The van der Waals surface area contributed by atoms with Crippen LogP contribution in [0.2, 0.25) is 0 Å². The smallest absolute Gasteiger partial charge is 0.317 e. The molecule has 1 fully saturated rings. The highest BCUT2D eigenvalue weighted by Gasteiger charge is 2.15. The molecule has 0 amide bonds. The number of aromatic nitrogens is 2. The molecule has 3 nitrogen and oxygen atoms in total. The van der Waals surface area contributed by atoms with Gasteiger partial charge < -0.3 is 4.74 Å². The second-order valence-electron chi connectivity index (χ2n) is 3.54. The molecule has 1 aromatic heterocycles. The van der Waals surface area contributed by atoms with Crippen LogP contribution in [-0.2, 0) is 0 Å². The van der Waals surface area contributed by atoms with Crippen LogP contribution in [0.3, 0.4) is 0 Å². The minimum absolute atomic E-state index is 0.318. The van der Waals surface area contributed by atoms with E-state index >= 15 is 0 Å². The molecule has 4 heteroatoms. The molecular weight excluding hydrogens is 244 g/mol. The topological polar surface area (TPSA) is 35.0 Å². The minimum Gasteiger partial charge on any atom is -0.460 e. The summed E-state index contributed by atoms with van der Waals surface area (Å²) in [5, 5.41) is 0. The van der Waals surface area contributed by atoms with Crippen molar-refractivity contribution in [1.82, 2.24) is 9.97 Å². The molecule has 0 bridgehead atoms. The molecule has 0 unspecified atom stereocenters.